The number of carbonyl (C=O) groups excluding carboxylic acids is 1. The van der Waals surface area contributed by atoms with Gasteiger partial charge in [0.25, 0.3) is 5.56 Å². The van der Waals surface area contributed by atoms with E-state index in [9.17, 15) is 9.59 Å². The van der Waals surface area contributed by atoms with E-state index in [2.05, 4.69) is 9.97 Å². The van der Waals surface area contributed by atoms with Gasteiger partial charge in [0.1, 0.15) is 5.75 Å². The van der Waals surface area contributed by atoms with Crippen molar-refractivity contribution < 1.29 is 9.53 Å². The molecule has 0 bridgehead atoms. The Morgan fingerprint density at radius 2 is 2.04 bits per heavy atom. The summed E-state index contributed by atoms with van der Waals surface area (Å²) in [7, 11) is 0. The Hall–Kier alpha value is -2.95. The number of nitrogens with one attached hydrogen (secondary N) is 1. The molecule has 1 aromatic carbocycles. The quantitative estimate of drug-likeness (QED) is 0.702. The molecule has 1 aliphatic rings. The van der Waals surface area contributed by atoms with Gasteiger partial charge < -0.3 is 9.72 Å². The van der Waals surface area contributed by atoms with Crippen LogP contribution < -0.4 is 10.3 Å². The molecule has 0 aliphatic carbocycles. The van der Waals surface area contributed by atoms with Gasteiger partial charge in [-0.25, -0.2) is 0 Å². The van der Waals surface area contributed by atoms with Crippen molar-refractivity contribution in [3.05, 3.63) is 69.8 Å². The fourth-order valence-electron chi connectivity index (χ4n) is 3.19. The smallest absolute Gasteiger partial charge is 0.312 e. The number of aromatic amines is 1. The number of pyridine rings is 2. The molecule has 2 aromatic heterocycles. The first-order valence-electron chi connectivity index (χ1n) is 7.41. The third-order valence-corrected chi connectivity index (χ3v) is 4.15. The number of ether oxygens (including phenoxy) is 1. The molecule has 23 heavy (non-hydrogen) atoms. The second-order valence-corrected chi connectivity index (χ2v) is 5.71. The van der Waals surface area contributed by atoms with Crippen LogP contribution in [0.5, 0.6) is 5.75 Å². The van der Waals surface area contributed by atoms with Crippen LogP contribution in [0.15, 0.2) is 47.4 Å². The van der Waals surface area contributed by atoms with Gasteiger partial charge in [-0.15, -0.1) is 0 Å². The van der Waals surface area contributed by atoms with E-state index in [1.54, 1.807) is 19.2 Å². The maximum absolute atomic E-state index is 12.4. The predicted octanol–water partition coefficient (Wildman–Crippen LogP) is 2.67. The molecule has 0 fully saturated rings. The number of H-pyrrole nitrogens is 1. The van der Waals surface area contributed by atoms with Crippen molar-refractivity contribution in [1.29, 1.82) is 0 Å². The molecule has 3 aromatic rings. The van der Waals surface area contributed by atoms with Crippen molar-refractivity contribution in [2.24, 2.45) is 0 Å². The zero-order valence-electron chi connectivity index (χ0n) is 12.5. The number of aryl methyl sites for hydroxylation is 1. The van der Waals surface area contributed by atoms with E-state index in [1.807, 2.05) is 30.3 Å². The summed E-state index contributed by atoms with van der Waals surface area (Å²) in [4.78, 5) is 31.7. The number of esters is 1. The summed E-state index contributed by atoms with van der Waals surface area (Å²) in [5.41, 5.74) is 2.62. The molecule has 0 radical (unpaired) electrons. The number of nitrogens with zero attached hydrogens (tertiary/aromatic N) is 1. The Morgan fingerprint density at radius 3 is 2.91 bits per heavy atom. The third-order valence-electron chi connectivity index (χ3n) is 4.15. The number of fused-ring (bicyclic) bond motifs is 2. The van der Waals surface area contributed by atoms with Crippen molar-refractivity contribution in [2.45, 2.75) is 19.3 Å². The van der Waals surface area contributed by atoms with E-state index in [1.165, 1.54) is 0 Å². The monoisotopic (exact) mass is 306 g/mol. The van der Waals surface area contributed by atoms with E-state index < -0.39 is 0 Å². The average Bonchev–Trinajstić information content (AvgIpc) is 2.52. The lowest BCUT2D eigenvalue weighted by atomic mass is 9.86. The van der Waals surface area contributed by atoms with Gasteiger partial charge in [0.2, 0.25) is 0 Å². The molecule has 5 nitrogen and oxygen atoms in total. The van der Waals surface area contributed by atoms with E-state index in [0.29, 0.717) is 17.0 Å². The van der Waals surface area contributed by atoms with Crippen LogP contribution in [0.4, 0.5) is 0 Å². The van der Waals surface area contributed by atoms with Crippen molar-refractivity contribution in [2.75, 3.05) is 0 Å². The Labute approximate surface area is 131 Å². The lowest BCUT2D eigenvalue weighted by molar-refractivity contribution is -0.135. The number of hydrogen-bond acceptors (Lipinski definition) is 4. The van der Waals surface area contributed by atoms with Crippen LogP contribution in [0.25, 0.3) is 10.9 Å². The van der Waals surface area contributed by atoms with E-state index in [4.69, 9.17) is 4.74 Å². The third kappa shape index (κ3) is 2.21. The van der Waals surface area contributed by atoms with Crippen LogP contribution in [0.3, 0.4) is 0 Å². The SMILES string of the molecule is Cc1cc2c(c(=O)[nH]1)[C@@H](c1cccc3cccnc13)CC(=O)O2. The summed E-state index contributed by atoms with van der Waals surface area (Å²) in [5, 5.41) is 0.981. The highest BCUT2D eigenvalue weighted by molar-refractivity contribution is 5.85. The molecule has 1 atom stereocenters. The summed E-state index contributed by atoms with van der Waals surface area (Å²) < 4.78 is 5.28. The van der Waals surface area contributed by atoms with Gasteiger partial charge in [0.15, 0.2) is 0 Å². The number of aromatic nitrogens is 2. The normalized spacial score (nSPS) is 16.9. The molecule has 114 valence electrons. The average molecular weight is 306 g/mol. The molecule has 1 N–H and O–H groups in total. The first kappa shape index (κ1) is 13.7. The minimum absolute atomic E-state index is 0.134. The number of para-hydroxylation sites is 1. The lowest BCUT2D eigenvalue weighted by Crippen LogP contribution is -2.28. The van der Waals surface area contributed by atoms with E-state index >= 15 is 0 Å². The molecular formula is C18H14N2O3. The fraction of sp³-hybridized carbons (Fsp3) is 0.167. The zero-order valence-corrected chi connectivity index (χ0v) is 12.5. The van der Waals surface area contributed by atoms with Crippen LogP contribution >= 0.6 is 0 Å². The van der Waals surface area contributed by atoms with Gasteiger partial charge in [0.05, 0.1) is 17.5 Å². The number of rotatable bonds is 1. The lowest BCUT2D eigenvalue weighted by Gasteiger charge is -2.24. The Kier molecular flexibility index (Phi) is 3.01. The van der Waals surface area contributed by atoms with E-state index in [0.717, 1.165) is 16.5 Å². The standard InChI is InChI=1S/C18H14N2O3/c1-10-8-14-16(18(22)20-10)13(9-15(21)23-14)12-6-2-4-11-5-3-7-19-17(11)12/h2-8,13H,9H2,1H3,(H,20,22)/t13-/m1/s1. The summed E-state index contributed by atoms with van der Waals surface area (Å²) in [6, 6.07) is 11.3. The van der Waals surface area contributed by atoms with Crippen LogP contribution in [0, 0.1) is 6.92 Å². The largest absolute Gasteiger partial charge is 0.426 e. The molecule has 3 heterocycles. The molecule has 0 spiro atoms. The van der Waals surface area contributed by atoms with Crippen LogP contribution in [-0.2, 0) is 4.79 Å². The minimum Gasteiger partial charge on any atom is -0.426 e. The maximum Gasteiger partial charge on any atom is 0.312 e. The van der Waals surface area contributed by atoms with Crippen molar-refractivity contribution in [1.82, 2.24) is 9.97 Å². The second-order valence-electron chi connectivity index (χ2n) is 5.71. The molecular weight excluding hydrogens is 292 g/mol. The molecule has 1 aliphatic heterocycles. The topological polar surface area (TPSA) is 72.0 Å². The van der Waals surface area contributed by atoms with Crippen molar-refractivity contribution >= 4 is 16.9 Å². The minimum atomic E-state index is -0.353. The first-order valence-corrected chi connectivity index (χ1v) is 7.41. The molecule has 0 saturated carbocycles. The highest BCUT2D eigenvalue weighted by Crippen LogP contribution is 2.38. The fourth-order valence-corrected chi connectivity index (χ4v) is 3.19. The molecule has 0 amide bonds. The van der Waals surface area contributed by atoms with E-state index in [-0.39, 0.29) is 23.9 Å². The summed E-state index contributed by atoms with van der Waals surface area (Å²) in [6.45, 7) is 1.76. The Balaban J connectivity index is 2.00. The van der Waals surface area contributed by atoms with Gasteiger partial charge in [-0.05, 0) is 18.6 Å². The van der Waals surface area contributed by atoms with Crippen LogP contribution in [-0.4, -0.2) is 15.9 Å². The van der Waals surface area contributed by atoms with Gasteiger partial charge in [-0.3, -0.25) is 14.6 Å². The number of hydrogen-bond donors (Lipinski definition) is 1. The summed E-state index contributed by atoms with van der Waals surface area (Å²) in [5.74, 6) is -0.338. The highest BCUT2D eigenvalue weighted by Gasteiger charge is 2.32. The van der Waals surface area contributed by atoms with Gasteiger partial charge >= 0.3 is 5.97 Å². The molecule has 4 rings (SSSR count). The van der Waals surface area contributed by atoms with Crippen LogP contribution in [0.2, 0.25) is 0 Å². The summed E-state index contributed by atoms with van der Waals surface area (Å²) in [6.07, 6.45) is 1.85. The number of benzene rings is 1. The van der Waals surface area contributed by atoms with Crippen molar-refractivity contribution in [3.63, 3.8) is 0 Å². The first-order chi connectivity index (χ1) is 11.1. The highest BCUT2D eigenvalue weighted by atomic mass is 16.5. The Morgan fingerprint density at radius 1 is 1.22 bits per heavy atom. The predicted molar refractivity (Wildman–Crippen MR) is 85.6 cm³/mol. The maximum atomic E-state index is 12.4. The molecule has 0 saturated heterocycles. The van der Waals surface area contributed by atoms with Crippen LogP contribution in [0.1, 0.15) is 29.2 Å². The zero-order chi connectivity index (χ0) is 16.0. The number of carbonyl (C=O) groups is 1. The van der Waals surface area contributed by atoms with Gasteiger partial charge in [-0.2, -0.15) is 0 Å². The van der Waals surface area contributed by atoms with Gasteiger partial charge in [-0.1, -0.05) is 24.3 Å². The molecule has 5 heteroatoms. The van der Waals surface area contributed by atoms with Gasteiger partial charge in [0, 0.05) is 29.3 Å². The summed E-state index contributed by atoms with van der Waals surface area (Å²) >= 11 is 0. The molecule has 0 unspecified atom stereocenters. The van der Waals surface area contributed by atoms with Crippen molar-refractivity contribution in [3.8, 4) is 5.75 Å². The Bertz CT molecular complexity index is 986. The second kappa shape index (κ2) is 5.05.